The van der Waals surface area contributed by atoms with Crippen molar-refractivity contribution in [1.82, 2.24) is 5.32 Å². The van der Waals surface area contributed by atoms with E-state index in [9.17, 15) is 22.8 Å². The van der Waals surface area contributed by atoms with E-state index in [0.717, 1.165) is 0 Å². The number of amides is 2. The number of benzene rings is 1. The molecule has 24 heavy (non-hydrogen) atoms. The van der Waals surface area contributed by atoms with Gasteiger partial charge in [-0.25, -0.2) is 0 Å². The molecule has 0 radical (unpaired) electrons. The highest BCUT2D eigenvalue weighted by Crippen LogP contribution is 2.23. The molecule has 1 aromatic carbocycles. The largest absolute Gasteiger partial charge is 0.411 e. The monoisotopic (exact) mass is 368 g/mol. The van der Waals surface area contributed by atoms with Crippen LogP contribution in [-0.2, 0) is 14.3 Å². The van der Waals surface area contributed by atoms with Crippen LogP contribution in [0.5, 0.6) is 0 Å². The van der Waals surface area contributed by atoms with Crippen LogP contribution in [-0.4, -0.2) is 51.5 Å². The van der Waals surface area contributed by atoms with Crippen molar-refractivity contribution in [2.75, 3.05) is 38.8 Å². The Balaban J connectivity index is 2.62. The molecule has 0 saturated heterocycles. The average Bonchev–Trinajstić information content (AvgIpc) is 2.48. The predicted octanol–water partition coefficient (Wildman–Crippen LogP) is 2.23. The summed E-state index contributed by atoms with van der Waals surface area (Å²) in [6.07, 6.45) is -4.52. The molecule has 0 unspecified atom stereocenters. The van der Waals surface area contributed by atoms with Gasteiger partial charge in [-0.05, 0) is 18.2 Å². The van der Waals surface area contributed by atoms with Gasteiger partial charge in [0.05, 0.1) is 17.3 Å². The van der Waals surface area contributed by atoms with Crippen molar-refractivity contribution < 1.29 is 32.2 Å². The van der Waals surface area contributed by atoms with E-state index >= 15 is 0 Å². The molecule has 0 aliphatic heterocycles. The van der Waals surface area contributed by atoms with E-state index < -0.39 is 31.2 Å². The molecule has 0 saturated carbocycles. The Bertz CT molecular complexity index is 582. The quantitative estimate of drug-likeness (QED) is 0.690. The number of halogens is 4. The summed E-state index contributed by atoms with van der Waals surface area (Å²) >= 11 is 5.89. The first kappa shape index (κ1) is 20.2. The van der Waals surface area contributed by atoms with Crippen LogP contribution in [0.4, 0.5) is 18.9 Å². The summed E-state index contributed by atoms with van der Waals surface area (Å²) in [6, 6.07) is 4.14. The highest BCUT2D eigenvalue weighted by Gasteiger charge is 2.27. The van der Waals surface area contributed by atoms with Crippen LogP contribution < -0.4 is 10.6 Å². The normalized spacial score (nSPS) is 11.2. The first-order chi connectivity index (χ1) is 11.2. The van der Waals surface area contributed by atoms with Crippen molar-refractivity contribution in [2.45, 2.75) is 6.18 Å². The van der Waals surface area contributed by atoms with Gasteiger partial charge in [0.1, 0.15) is 13.2 Å². The molecule has 0 spiro atoms. The van der Waals surface area contributed by atoms with Gasteiger partial charge in [-0.1, -0.05) is 11.6 Å². The Kier molecular flexibility index (Phi) is 7.96. The van der Waals surface area contributed by atoms with Gasteiger partial charge in [-0.3, -0.25) is 9.59 Å². The molecule has 0 atom stereocenters. The van der Waals surface area contributed by atoms with Gasteiger partial charge >= 0.3 is 6.18 Å². The average molecular weight is 369 g/mol. The molecule has 0 heterocycles. The fourth-order valence-corrected chi connectivity index (χ4v) is 1.74. The second-order valence-corrected chi connectivity index (χ2v) is 5.01. The molecular formula is C14H16ClF3N2O4. The van der Waals surface area contributed by atoms with Crippen LogP contribution in [0, 0.1) is 0 Å². The Morgan fingerprint density at radius 1 is 1.29 bits per heavy atom. The number of hydrogen-bond acceptors (Lipinski definition) is 4. The second kappa shape index (κ2) is 9.45. The molecule has 1 aromatic rings. The van der Waals surface area contributed by atoms with Gasteiger partial charge in [-0.15, -0.1) is 0 Å². The lowest BCUT2D eigenvalue weighted by atomic mass is 10.2. The zero-order chi connectivity index (χ0) is 18.2. The van der Waals surface area contributed by atoms with Crippen LogP contribution >= 0.6 is 11.6 Å². The molecule has 0 aliphatic rings. The Morgan fingerprint density at radius 3 is 2.62 bits per heavy atom. The smallest absolute Gasteiger partial charge is 0.383 e. The summed E-state index contributed by atoms with van der Waals surface area (Å²) in [5.74, 6) is -1.23. The van der Waals surface area contributed by atoms with Crippen molar-refractivity contribution >= 4 is 29.1 Å². The number of anilines is 1. The van der Waals surface area contributed by atoms with E-state index in [1.54, 1.807) is 0 Å². The van der Waals surface area contributed by atoms with Gasteiger partial charge in [0.25, 0.3) is 5.91 Å². The zero-order valence-corrected chi connectivity index (χ0v) is 13.5. The Labute approximate surface area is 141 Å². The van der Waals surface area contributed by atoms with Crippen molar-refractivity contribution in [1.29, 1.82) is 0 Å². The van der Waals surface area contributed by atoms with E-state index in [1.165, 1.54) is 25.3 Å². The standard InChI is InChI=1S/C14H16ClF3N2O4/c1-23-5-4-19-13(22)9-2-3-10(15)11(6-9)20-12(21)7-24-8-14(16,17)18/h2-3,6H,4-5,7-8H2,1H3,(H,19,22)(H,20,21). The molecular weight excluding hydrogens is 353 g/mol. The number of rotatable bonds is 8. The van der Waals surface area contributed by atoms with E-state index in [2.05, 4.69) is 15.4 Å². The second-order valence-electron chi connectivity index (χ2n) is 4.60. The SMILES string of the molecule is COCCNC(=O)c1ccc(Cl)c(NC(=O)COCC(F)(F)F)c1. The summed E-state index contributed by atoms with van der Waals surface area (Å²) in [5, 5.41) is 5.00. The van der Waals surface area contributed by atoms with Crippen molar-refractivity contribution in [3.8, 4) is 0 Å². The lowest BCUT2D eigenvalue weighted by molar-refractivity contribution is -0.174. The Morgan fingerprint density at radius 2 is 2.00 bits per heavy atom. The topological polar surface area (TPSA) is 76.7 Å². The first-order valence-corrected chi connectivity index (χ1v) is 7.12. The third-order valence-corrected chi connectivity index (χ3v) is 2.92. The zero-order valence-electron chi connectivity index (χ0n) is 12.7. The number of ether oxygens (including phenoxy) is 2. The maximum atomic E-state index is 11.9. The maximum absolute atomic E-state index is 11.9. The predicted molar refractivity (Wildman–Crippen MR) is 81.2 cm³/mol. The maximum Gasteiger partial charge on any atom is 0.411 e. The molecule has 2 amide bonds. The number of methoxy groups -OCH3 is 1. The van der Waals surface area contributed by atoms with Gasteiger partial charge in [0, 0.05) is 19.2 Å². The van der Waals surface area contributed by atoms with Crippen molar-refractivity contribution in [3.05, 3.63) is 28.8 Å². The molecule has 10 heteroatoms. The van der Waals surface area contributed by atoms with E-state index in [4.69, 9.17) is 16.3 Å². The number of carbonyl (C=O) groups excluding carboxylic acids is 2. The minimum absolute atomic E-state index is 0.0941. The fourth-order valence-electron chi connectivity index (χ4n) is 1.58. The highest BCUT2D eigenvalue weighted by molar-refractivity contribution is 6.33. The summed E-state index contributed by atoms with van der Waals surface area (Å²) < 4.78 is 44.8. The van der Waals surface area contributed by atoms with Crippen molar-refractivity contribution in [2.24, 2.45) is 0 Å². The van der Waals surface area contributed by atoms with Crippen LogP contribution in [0.15, 0.2) is 18.2 Å². The molecule has 134 valence electrons. The highest BCUT2D eigenvalue weighted by atomic mass is 35.5. The van der Waals surface area contributed by atoms with Crippen molar-refractivity contribution in [3.63, 3.8) is 0 Å². The fraction of sp³-hybridized carbons (Fsp3) is 0.429. The van der Waals surface area contributed by atoms with E-state index in [0.29, 0.717) is 13.2 Å². The van der Waals surface area contributed by atoms with Crippen LogP contribution in [0.2, 0.25) is 5.02 Å². The van der Waals surface area contributed by atoms with Gasteiger partial charge in [0.2, 0.25) is 5.91 Å². The molecule has 2 N–H and O–H groups in total. The van der Waals surface area contributed by atoms with Gasteiger partial charge < -0.3 is 20.1 Å². The molecule has 0 aliphatic carbocycles. The van der Waals surface area contributed by atoms with E-state index in [-0.39, 0.29) is 16.3 Å². The summed E-state index contributed by atoms with van der Waals surface area (Å²) in [7, 11) is 1.49. The molecule has 6 nitrogen and oxygen atoms in total. The summed E-state index contributed by atoms with van der Waals surface area (Å²) in [6.45, 7) is -1.69. The molecule has 1 rings (SSSR count). The number of alkyl halides is 3. The molecule has 0 bridgehead atoms. The minimum Gasteiger partial charge on any atom is -0.383 e. The molecule has 0 aromatic heterocycles. The summed E-state index contributed by atoms with van der Waals surface area (Å²) in [5.41, 5.74) is 0.318. The lowest BCUT2D eigenvalue weighted by Gasteiger charge is -2.11. The lowest BCUT2D eigenvalue weighted by Crippen LogP contribution is -2.27. The van der Waals surface area contributed by atoms with E-state index in [1.807, 2.05) is 0 Å². The number of carbonyl (C=O) groups is 2. The minimum atomic E-state index is -4.52. The number of nitrogens with one attached hydrogen (secondary N) is 2. The number of hydrogen-bond donors (Lipinski definition) is 2. The third kappa shape index (κ3) is 7.62. The van der Waals surface area contributed by atoms with Crippen LogP contribution in [0.3, 0.4) is 0 Å². The van der Waals surface area contributed by atoms with Gasteiger partial charge in [-0.2, -0.15) is 13.2 Å². The Hall–Kier alpha value is -1.84. The van der Waals surface area contributed by atoms with Crippen LogP contribution in [0.25, 0.3) is 0 Å². The third-order valence-electron chi connectivity index (χ3n) is 2.59. The molecule has 0 fully saturated rings. The summed E-state index contributed by atoms with van der Waals surface area (Å²) in [4.78, 5) is 23.4. The first-order valence-electron chi connectivity index (χ1n) is 6.74. The van der Waals surface area contributed by atoms with Gasteiger partial charge in [0.15, 0.2) is 0 Å². The van der Waals surface area contributed by atoms with Crippen LogP contribution in [0.1, 0.15) is 10.4 Å².